The highest BCUT2D eigenvalue weighted by molar-refractivity contribution is 6.30. The molecular weight excluding hydrogens is 499 g/mol. The van der Waals surface area contributed by atoms with Gasteiger partial charge in [-0.3, -0.25) is 14.6 Å². The minimum Gasteiger partial charge on any atom is -0.463 e. The van der Waals surface area contributed by atoms with Crippen molar-refractivity contribution in [1.82, 2.24) is 20.0 Å². The van der Waals surface area contributed by atoms with E-state index >= 15 is 0 Å². The summed E-state index contributed by atoms with van der Waals surface area (Å²) in [7, 11) is 1.61. The number of hydrogen-bond donors (Lipinski definition) is 1. The number of esters is 1. The van der Waals surface area contributed by atoms with E-state index in [4.69, 9.17) is 16.3 Å². The largest absolute Gasteiger partial charge is 0.463 e. The summed E-state index contributed by atoms with van der Waals surface area (Å²) in [5, 5.41) is 3.37. The van der Waals surface area contributed by atoms with Crippen molar-refractivity contribution in [3.05, 3.63) is 81.8 Å². The van der Waals surface area contributed by atoms with Crippen molar-refractivity contribution in [2.24, 2.45) is 0 Å². The van der Waals surface area contributed by atoms with Crippen LogP contribution in [0, 0.1) is 5.82 Å². The van der Waals surface area contributed by atoms with Gasteiger partial charge in [0.15, 0.2) is 0 Å². The number of carbonyl (C=O) groups excluding carboxylic acids is 3. The van der Waals surface area contributed by atoms with Crippen LogP contribution in [0.5, 0.6) is 0 Å². The number of benzene rings is 2. The molecule has 0 aromatic heterocycles. The van der Waals surface area contributed by atoms with Crippen LogP contribution in [0.2, 0.25) is 5.02 Å². The van der Waals surface area contributed by atoms with Crippen LogP contribution >= 0.6 is 11.6 Å². The molecule has 2 aromatic carbocycles. The Balaban J connectivity index is 1.61. The number of nitrogens with zero attached hydrogens (tertiary/aromatic N) is 3. The molecule has 196 valence electrons. The van der Waals surface area contributed by atoms with Gasteiger partial charge in [-0.15, -0.1) is 0 Å². The molecule has 0 spiro atoms. The Morgan fingerprint density at radius 3 is 2.59 bits per heavy atom. The lowest BCUT2D eigenvalue weighted by Gasteiger charge is -2.42. The molecule has 10 heteroatoms. The van der Waals surface area contributed by atoms with Gasteiger partial charge in [-0.2, -0.15) is 0 Å². The molecule has 1 N–H and O–H groups in total. The van der Waals surface area contributed by atoms with Crippen molar-refractivity contribution in [3.8, 4) is 0 Å². The number of likely N-dealkylation sites (N-methyl/N-ethyl adjacent to an activating group) is 1. The summed E-state index contributed by atoms with van der Waals surface area (Å²) in [6.07, 6.45) is 0. The van der Waals surface area contributed by atoms with Gasteiger partial charge in [-0.25, -0.2) is 14.0 Å². The summed E-state index contributed by atoms with van der Waals surface area (Å²) in [5.41, 5.74) is 1.57. The Bertz CT molecular complexity index is 1240. The first kappa shape index (κ1) is 26.6. The molecule has 0 bridgehead atoms. The van der Waals surface area contributed by atoms with E-state index < -0.39 is 17.8 Å². The Labute approximate surface area is 220 Å². The fourth-order valence-electron chi connectivity index (χ4n) is 4.81. The molecule has 2 aromatic rings. The van der Waals surface area contributed by atoms with Crippen LogP contribution in [0.3, 0.4) is 0 Å². The van der Waals surface area contributed by atoms with Crippen molar-refractivity contribution in [2.75, 3.05) is 39.8 Å². The fraction of sp³-hybridized carbons (Fsp3) is 0.370. The molecule has 3 amide bonds. The smallest absolute Gasteiger partial charge is 0.338 e. The number of amides is 3. The summed E-state index contributed by atoms with van der Waals surface area (Å²) in [4.78, 5) is 44.2. The second kappa shape index (κ2) is 11.3. The van der Waals surface area contributed by atoms with Gasteiger partial charge in [0.2, 0.25) is 0 Å². The van der Waals surface area contributed by atoms with E-state index in [9.17, 15) is 18.8 Å². The quantitative estimate of drug-likeness (QED) is 0.576. The molecule has 2 aliphatic heterocycles. The summed E-state index contributed by atoms with van der Waals surface area (Å²) in [5.74, 6) is -1.42. The molecule has 2 atom stereocenters. The third kappa shape index (κ3) is 5.62. The van der Waals surface area contributed by atoms with Crippen LogP contribution in [0.1, 0.15) is 35.8 Å². The minimum absolute atomic E-state index is 0.0446. The van der Waals surface area contributed by atoms with Gasteiger partial charge in [0, 0.05) is 50.0 Å². The highest BCUT2D eigenvalue weighted by atomic mass is 35.5. The Morgan fingerprint density at radius 2 is 1.92 bits per heavy atom. The third-order valence-corrected chi connectivity index (χ3v) is 6.94. The summed E-state index contributed by atoms with van der Waals surface area (Å²) >= 11 is 6.20. The van der Waals surface area contributed by atoms with Gasteiger partial charge < -0.3 is 15.0 Å². The first-order valence-electron chi connectivity index (χ1n) is 12.2. The standard InChI is InChI=1S/C27H30ClFN4O4/c1-4-37-26(35)23-22(31(3)27(36)30-24(23)18-8-7-9-19(28)14-18)16-32-12-13-33(17(2)15-32)25(34)20-10-5-6-11-21(20)29/h5-11,14,17,24H,4,12-13,15-16H2,1-3H3,(H,30,36)/t17-,24+/m1/s1. The molecule has 2 heterocycles. The summed E-state index contributed by atoms with van der Waals surface area (Å²) < 4.78 is 19.6. The molecule has 2 aliphatic rings. The maximum absolute atomic E-state index is 14.2. The van der Waals surface area contributed by atoms with Gasteiger partial charge >= 0.3 is 12.0 Å². The van der Waals surface area contributed by atoms with E-state index in [0.29, 0.717) is 48.0 Å². The van der Waals surface area contributed by atoms with E-state index in [1.807, 2.05) is 6.92 Å². The lowest BCUT2D eigenvalue weighted by molar-refractivity contribution is -0.139. The van der Waals surface area contributed by atoms with Crippen LogP contribution in [0.25, 0.3) is 0 Å². The molecule has 8 nitrogen and oxygen atoms in total. The average Bonchev–Trinajstić information content (AvgIpc) is 2.86. The third-order valence-electron chi connectivity index (χ3n) is 6.70. The van der Waals surface area contributed by atoms with Crippen LogP contribution in [-0.2, 0) is 9.53 Å². The minimum atomic E-state index is -0.724. The Morgan fingerprint density at radius 1 is 1.16 bits per heavy atom. The van der Waals surface area contributed by atoms with Gasteiger partial charge in [0.05, 0.1) is 23.8 Å². The predicted molar refractivity (Wildman–Crippen MR) is 137 cm³/mol. The van der Waals surface area contributed by atoms with Gasteiger partial charge in [0.25, 0.3) is 5.91 Å². The number of carbonyl (C=O) groups is 3. The zero-order chi connectivity index (χ0) is 26.7. The Hall–Kier alpha value is -3.43. The van der Waals surface area contributed by atoms with Crippen molar-refractivity contribution < 1.29 is 23.5 Å². The second-order valence-electron chi connectivity index (χ2n) is 9.14. The summed E-state index contributed by atoms with van der Waals surface area (Å²) in [6, 6.07) is 11.7. The number of urea groups is 1. The van der Waals surface area contributed by atoms with Crippen molar-refractivity contribution in [3.63, 3.8) is 0 Å². The Kier molecular flexibility index (Phi) is 8.14. The lowest BCUT2D eigenvalue weighted by atomic mass is 9.94. The van der Waals surface area contributed by atoms with E-state index in [-0.39, 0.29) is 30.2 Å². The molecule has 0 aliphatic carbocycles. The van der Waals surface area contributed by atoms with Crippen molar-refractivity contribution in [1.29, 1.82) is 0 Å². The first-order chi connectivity index (χ1) is 17.7. The number of ether oxygens (including phenoxy) is 1. The zero-order valence-electron chi connectivity index (χ0n) is 21.0. The molecule has 4 rings (SSSR count). The first-order valence-corrected chi connectivity index (χ1v) is 12.6. The summed E-state index contributed by atoms with van der Waals surface area (Å²) in [6.45, 7) is 5.45. The SMILES string of the molecule is CCOC(=O)C1=C(CN2CCN(C(=O)c3ccccc3F)[C@H](C)C2)N(C)C(=O)N[C@H]1c1cccc(Cl)c1. The molecule has 0 radical (unpaired) electrons. The fourth-order valence-corrected chi connectivity index (χ4v) is 5.01. The van der Waals surface area contributed by atoms with E-state index in [1.54, 1.807) is 55.3 Å². The van der Waals surface area contributed by atoms with Gasteiger partial charge in [-0.1, -0.05) is 35.9 Å². The van der Waals surface area contributed by atoms with Crippen LogP contribution in [0.15, 0.2) is 59.8 Å². The molecule has 1 saturated heterocycles. The van der Waals surface area contributed by atoms with Gasteiger partial charge in [0.1, 0.15) is 5.82 Å². The van der Waals surface area contributed by atoms with E-state index in [0.717, 1.165) is 0 Å². The maximum atomic E-state index is 14.2. The highest BCUT2D eigenvalue weighted by Gasteiger charge is 2.38. The van der Waals surface area contributed by atoms with Crippen LogP contribution < -0.4 is 5.32 Å². The normalized spacial score (nSPS) is 20.6. The van der Waals surface area contributed by atoms with E-state index in [1.165, 1.54) is 17.0 Å². The van der Waals surface area contributed by atoms with Gasteiger partial charge in [-0.05, 0) is 43.7 Å². The topological polar surface area (TPSA) is 82.2 Å². The number of hydrogen-bond acceptors (Lipinski definition) is 5. The molecular formula is C27H30ClFN4O4. The lowest BCUT2D eigenvalue weighted by Crippen LogP contribution is -2.56. The zero-order valence-corrected chi connectivity index (χ0v) is 21.8. The predicted octanol–water partition coefficient (Wildman–Crippen LogP) is 3.84. The number of halogens is 2. The maximum Gasteiger partial charge on any atom is 0.338 e. The monoisotopic (exact) mass is 528 g/mol. The highest BCUT2D eigenvalue weighted by Crippen LogP contribution is 2.33. The van der Waals surface area contributed by atoms with Crippen molar-refractivity contribution >= 4 is 29.5 Å². The van der Waals surface area contributed by atoms with E-state index in [2.05, 4.69) is 10.2 Å². The van der Waals surface area contributed by atoms with Crippen LogP contribution in [-0.4, -0.2) is 78.5 Å². The van der Waals surface area contributed by atoms with Crippen molar-refractivity contribution in [2.45, 2.75) is 25.9 Å². The average molecular weight is 529 g/mol. The number of rotatable bonds is 6. The molecule has 0 saturated carbocycles. The second-order valence-corrected chi connectivity index (χ2v) is 9.58. The number of nitrogens with one attached hydrogen (secondary N) is 1. The molecule has 1 fully saturated rings. The molecule has 0 unspecified atom stereocenters. The van der Waals surface area contributed by atoms with Crippen LogP contribution in [0.4, 0.5) is 9.18 Å². The molecule has 37 heavy (non-hydrogen) atoms. The number of piperazine rings is 1.